The molecule has 84 valence electrons. The van der Waals surface area contributed by atoms with Crippen LogP contribution in [0.3, 0.4) is 0 Å². The normalized spacial score (nSPS) is 12.0. The summed E-state index contributed by atoms with van der Waals surface area (Å²) >= 11 is 6.00. The molecule has 2 rings (SSSR count). The fourth-order valence-corrected chi connectivity index (χ4v) is 1.56. The maximum Gasteiger partial charge on any atom is 0.193 e. The van der Waals surface area contributed by atoms with E-state index in [0.29, 0.717) is 10.8 Å². The van der Waals surface area contributed by atoms with Crippen molar-refractivity contribution in [2.24, 2.45) is 0 Å². The van der Waals surface area contributed by atoms with Gasteiger partial charge in [-0.3, -0.25) is 0 Å². The molecule has 2 aromatic heterocycles. The Kier molecular flexibility index (Phi) is 2.46. The topological polar surface area (TPSA) is 30.2 Å². The molecule has 0 aliphatic heterocycles. The van der Waals surface area contributed by atoms with Crippen molar-refractivity contribution in [1.82, 2.24) is 14.6 Å². The second-order valence-corrected chi connectivity index (χ2v) is 4.51. The maximum atomic E-state index is 13.4. The minimum absolute atomic E-state index is 0.137. The van der Waals surface area contributed by atoms with E-state index in [4.69, 9.17) is 11.6 Å². The molecule has 0 radical (unpaired) electrons. The molecule has 0 saturated carbocycles. The Balaban J connectivity index is 2.74. The molecule has 0 amide bonds. The Bertz CT molecular complexity index is 560. The van der Waals surface area contributed by atoms with Crippen LogP contribution in [0.25, 0.3) is 5.65 Å². The summed E-state index contributed by atoms with van der Waals surface area (Å²) in [6, 6.07) is 1.67. The number of nitrogens with zero attached hydrogens (tertiary/aromatic N) is 3. The van der Waals surface area contributed by atoms with Crippen LogP contribution in [-0.2, 0) is 5.41 Å². The zero-order chi connectivity index (χ0) is 11.9. The lowest BCUT2D eigenvalue weighted by molar-refractivity contribution is 0.623. The first-order chi connectivity index (χ1) is 7.45. The van der Waals surface area contributed by atoms with Crippen LogP contribution in [0.1, 0.15) is 19.5 Å². The monoisotopic (exact) mass is 239 g/mol. The summed E-state index contributed by atoms with van der Waals surface area (Å²) in [4.78, 5) is 4.21. The van der Waals surface area contributed by atoms with Gasteiger partial charge in [0.25, 0.3) is 0 Å². The average Bonchev–Trinajstić information content (AvgIpc) is 2.61. The molecular weight excluding hydrogens is 229 g/mol. The van der Waals surface area contributed by atoms with E-state index >= 15 is 0 Å². The summed E-state index contributed by atoms with van der Waals surface area (Å²) in [6.45, 7) is 7.60. The molecule has 2 heterocycles. The van der Waals surface area contributed by atoms with Gasteiger partial charge < -0.3 is 0 Å². The molecule has 0 unspecified atom stereocenters. The Hall–Kier alpha value is -1.42. The predicted molar refractivity (Wildman–Crippen MR) is 61.2 cm³/mol. The van der Waals surface area contributed by atoms with Crippen molar-refractivity contribution in [2.75, 3.05) is 0 Å². The number of aromatic nitrogens is 3. The molecule has 2 aromatic rings. The quantitative estimate of drug-likeness (QED) is 0.596. The minimum Gasteiger partial charge on any atom is -0.230 e. The maximum absolute atomic E-state index is 13.4. The molecule has 0 saturated heterocycles. The molecule has 5 heteroatoms. The van der Waals surface area contributed by atoms with E-state index in [-0.39, 0.29) is 11.1 Å². The van der Waals surface area contributed by atoms with Crippen LogP contribution in [0.5, 0.6) is 0 Å². The van der Waals surface area contributed by atoms with Crippen LogP contribution in [0.2, 0.25) is 5.15 Å². The number of rotatable bonds is 2. The van der Waals surface area contributed by atoms with Crippen molar-refractivity contribution in [3.63, 3.8) is 0 Å². The van der Waals surface area contributed by atoms with Gasteiger partial charge in [-0.15, -0.1) is 6.58 Å². The van der Waals surface area contributed by atoms with E-state index in [0.717, 1.165) is 6.20 Å². The van der Waals surface area contributed by atoms with E-state index in [1.165, 1.54) is 4.52 Å². The van der Waals surface area contributed by atoms with Gasteiger partial charge in [0.1, 0.15) is 5.15 Å². The number of hydrogen-bond donors (Lipinski definition) is 0. The van der Waals surface area contributed by atoms with Crippen LogP contribution >= 0.6 is 11.6 Å². The largest absolute Gasteiger partial charge is 0.230 e. The van der Waals surface area contributed by atoms with Gasteiger partial charge in [-0.1, -0.05) is 31.5 Å². The molecule has 3 nitrogen and oxygen atoms in total. The van der Waals surface area contributed by atoms with Gasteiger partial charge >= 0.3 is 0 Å². The molecular formula is C11H11ClFN3. The number of hydrogen-bond acceptors (Lipinski definition) is 2. The van der Waals surface area contributed by atoms with Gasteiger partial charge in [-0.05, 0) is 6.07 Å². The van der Waals surface area contributed by atoms with Gasteiger partial charge in [0.2, 0.25) is 0 Å². The SMILES string of the molecule is C=CC(C)(C)c1cc(Cl)n2ncc(F)c2n1. The molecule has 0 spiro atoms. The molecule has 0 aromatic carbocycles. The van der Waals surface area contributed by atoms with Crippen molar-refractivity contribution in [3.8, 4) is 0 Å². The molecule has 0 aliphatic carbocycles. The van der Waals surface area contributed by atoms with Gasteiger partial charge in [0.05, 0.1) is 11.9 Å². The molecule has 0 N–H and O–H groups in total. The van der Waals surface area contributed by atoms with Crippen molar-refractivity contribution >= 4 is 17.2 Å². The standard InChI is InChI=1S/C11H11ClFN3/c1-4-11(2,3)8-5-9(12)16-10(15-8)7(13)6-14-16/h4-6H,1H2,2-3H3. The molecule has 0 bridgehead atoms. The van der Waals surface area contributed by atoms with Gasteiger partial charge in [0, 0.05) is 5.41 Å². The summed E-state index contributed by atoms with van der Waals surface area (Å²) < 4.78 is 14.6. The minimum atomic E-state index is -0.483. The summed E-state index contributed by atoms with van der Waals surface area (Å²) in [5.41, 5.74) is 0.444. The van der Waals surface area contributed by atoms with Crippen molar-refractivity contribution in [3.05, 3.63) is 41.6 Å². The van der Waals surface area contributed by atoms with Crippen LogP contribution < -0.4 is 0 Å². The van der Waals surface area contributed by atoms with Crippen LogP contribution in [0, 0.1) is 5.82 Å². The van der Waals surface area contributed by atoms with Crippen molar-refractivity contribution < 1.29 is 4.39 Å². The summed E-state index contributed by atoms with van der Waals surface area (Å²) in [6.07, 6.45) is 2.84. The van der Waals surface area contributed by atoms with E-state index < -0.39 is 5.82 Å². The van der Waals surface area contributed by atoms with Crippen LogP contribution in [0.15, 0.2) is 24.9 Å². The smallest absolute Gasteiger partial charge is 0.193 e. The second kappa shape index (κ2) is 3.56. The summed E-state index contributed by atoms with van der Waals surface area (Å²) in [7, 11) is 0. The highest BCUT2D eigenvalue weighted by molar-refractivity contribution is 6.29. The zero-order valence-corrected chi connectivity index (χ0v) is 9.79. The fourth-order valence-electron chi connectivity index (χ4n) is 1.33. The predicted octanol–water partition coefficient (Wildman–Crippen LogP) is 2.99. The fraction of sp³-hybridized carbons (Fsp3) is 0.273. The Labute approximate surface area is 97.6 Å². The number of allylic oxidation sites excluding steroid dienone is 1. The Morgan fingerprint density at radius 2 is 2.25 bits per heavy atom. The van der Waals surface area contributed by atoms with E-state index in [1.54, 1.807) is 12.1 Å². The van der Waals surface area contributed by atoms with E-state index in [1.807, 2.05) is 13.8 Å². The molecule has 0 fully saturated rings. The van der Waals surface area contributed by atoms with E-state index in [9.17, 15) is 4.39 Å². The van der Waals surface area contributed by atoms with Gasteiger partial charge in [-0.2, -0.15) is 5.10 Å². The highest BCUT2D eigenvalue weighted by Gasteiger charge is 2.21. The lowest BCUT2D eigenvalue weighted by Gasteiger charge is -2.19. The third-order valence-electron chi connectivity index (χ3n) is 2.56. The molecule has 16 heavy (non-hydrogen) atoms. The third-order valence-corrected chi connectivity index (χ3v) is 2.82. The highest BCUT2D eigenvalue weighted by atomic mass is 35.5. The first kappa shape index (κ1) is 11.1. The third kappa shape index (κ3) is 1.59. The molecule has 0 atom stereocenters. The highest BCUT2D eigenvalue weighted by Crippen LogP contribution is 2.26. The first-order valence-corrected chi connectivity index (χ1v) is 5.17. The van der Waals surface area contributed by atoms with Crippen molar-refractivity contribution in [1.29, 1.82) is 0 Å². The Morgan fingerprint density at radius 1 is 1.56 bits per heavy atom. The van der Waals surface area contributed by atoms with Gasteiger partial charge in [0.15, 0.2) is 11.5 Å². The van der Waals surface area contributed by atoms with E-state index in [2.05, 4.69) is 16.7 Å². The first-order valence-electron chi connectivity index (χ1n) is 4.79. The summed E-state index contributed by atoms with van der Waals surface area (Å²) in [5.74, 6) is -0.483. The average molecular weight is 240 g/mol. The van der Waals surface area contributed by atoms with Crippen LogP contribution in [-0.4, -0.2) is 14.6 Å². The molecule has 0 aliphatic rings. The van der Waals surface area contributed by atoms with Gasteiger partial charge in [-0.25, -0.2) is 13.9 Å². The summed E-state index contributed by atoms with van der Waals surface area (Å²) in [5, 5.41) is 4.12. The number of halogens is 2. The zero-order valence-electron chi connectivity index (χ0n) is 9.04. The number of fused-ring (bicyclic) bond motifs is 1. The lowest BCUT2D eigenvalue weighted by Crippen LogP contribution is -2.16. The lowest BCUT2D eigenvalue weighted by atomic mass is 9.89. The second-order valence-electron chi connectivity index (χ2n) is 4.12. The van der Waals surface area contributed by atoms with Crippen molar-refractivity contribution in [2.45, 2.75) is 19.3 Å². The van der Waals surface area contributed by atoms with Crippen LogP contribution in [0.4, 0.5) is 4.39 Å². The Morgan fingerprint density at radius 3 is 2.88 bits per heavy atom.